The fourth-order valence-electron chi connectivity index (χ4n) is 1.92. The third kappa shape index (κ3) is 16.4. The van der Waals surface area contributed by atoms with Gasteiger partial charge in [0, 0.05) is 11.4 Å². The van der Waals surface area contributed by atoms with Crippen LogP contribution in [-0.4, -0.2) is 16.7 Å². The molecule has 0 spiro atoms. The van der Waals surface area contributed by atoms with E-state index in [0.29, 0.717) is 17.1 Å². The number of rotatable bonds is 6. The molecule has 4 nitrogen and oxygen atoms in total. The summed E-state index contributed by atoms with van der Waals surface area (Å²) in [5.41, 5.74) is 4.14. The van der Waals surface area contributed by atoms with E-state index in [4.69, 9.17) is 0 Å². The second-order valence-corrected chi connectivity index (χ2v) is 7.31. The molecule has 170 valence electrons. The topological polar surface area (TPSA) is 61.7 Å². The van der Waals surface area contributed by atoms with Crippen LogP contribution in [-0.2, 0) is 4.79 Å². The van der Waals surface area contributed by atoms with Crippen LogP contribution in [0.4, 0.5) is 0 Å². The number of phenolic OH excluding ortho intramolecular Hbond substituents is 1. The highest BCUT2D eigenvalue weighted by molar-refractivity contribution is 6.04. The Morgan fingerprint density at radius 2 is 1.65 bits per heavy atom. The second-order valence-electron chi connectivity index (χ2n) is 7.31. The number of carbonyl (C=O) groups excluding carboxylic acids is 1. The fraction of sp³-hybridized carbons (Fsp3) is 0.333. The van der Waals surface area contributed by atoms with Gasteiger partial charge in [0.15, 0.2) is 0 Å². The molecule has 0 aromatic heterocycles. The van der Waals surface area contributed by atoms with E-state index >= 15 is 0 Å². The van der Waals surface area contributed by atoms with E-state index in [-0.39, 0.29) is 11.7 Å². The van der Waals surface area contributed by atoms with Crippen LogP contribution in [0.15, 0.2) is 89.3 Å². The minimum Gasteiger partial charge on any atom is -0.508 e. The predicted octanol–water partition coefficient (Wildman–Crippen LogP) is 7.26. The van der Waals surface area contributed by atoms with Gasteiger partial charge in [0.2, 0.25) is 0 Å². The molecular formula is C27H40N2O2. The van der Waals surface area contributed by atoms with Crippen molar-refractivity contribution >= 4 is 11.6 Å². The Labute approximate surface area is 189 Å². The zero-order valence-corrected chi connectivity index (χ0v) is 20.5. The van der Waals surface area contributed by atoms with Crippen LogP contribution in [0.5, 0.6) is 5.75 Å². The number of nitrogens with zero attached hydrogens (tertiary/aromatic N) is 1. The summed E-state index contributed by atoms with van der Waals surface area (Å²) in [5, 5.41) is 12.3. The third-order valence-electron chi connectivity index (χ3n) is 3.11. The zero-order chi connectivity index (χ0) is 24.4. The summed E-state index contributed by atoms with van der Waals surface area (Å²) in [5.74, 6) is -0.159. The van der Waals surface area contributed by atoms with Crippen LogP contribution >= 0.6 is 0 Å². The van der Waals surface area contributed by atoms with Crippen molar-refractivity contribution < 1.29 is 9.90 Å². The van der Waals surface area contributed by atoms with Gasteiger partial charge in [-0.15, -0.1) is 6.58 Å². The van der Waals surface area contributed by atoms with Gasteiger partial charge in [0.1, 0.15) is 11.4 Å². The first-order chi connectivity index (χ1) is 14.5. The molecule has 0 unspecified atom stereocenters. The summed E-state index contributed by atoms with van der Waals surface area (Å²) < 4.78 is 0. The molecule has 0 bridgehead atoms. The summed E-state index contributed by atoms with van der Waals surface area (Å²) in [6.07, 6.45) is 8.71. The summed E-state index contributed by atoms with van der Waals surface area (Å²) in [6.45, 7) is 22.7. The number of phenols is 1. The van der Waals surface area contributed by atoms with Gasteiger partial charge in [0.05, 0.1) is 0 Å². The SMILES string of the molecule is C=C(C)C.C=C(C)NC(=O)\C(N=C(C)c1cccc(O)c1)=C(C)/C=C\C=C/C.CCC. The van der Waals surface area contributed by atoms with Crippen molar-refractivity contribution in [2.24, 2.45) is 4.99 Å². The van der Waals surface area contributed by atoms with Crippen LogP contribution in [0.25, 0.3) is 0 Å². The lowest BCUT2D eigenvalue weighted by molar-refractivity contribution is -0.116. The summed E-state index contributed by atoms with van der Waals surface area (Å²) in [7, 11) is 0. The lowest BCUT2D eigenvalue weighted by Crippen LogP contribution is -2.23. The Morgan fingerprint density at radius 1 is 1.10 bits per heavy atom. The van der Waals surface area contributed by atoms with E-state index in [9.17, 15) is 9.90 Å². The Morgan fingerprint density at radius 3 is 2.10 bits per heavy atom. The maximum Gasteiger partial charge on any atom is 0.274 e. The van der Waals surface area contributed by atoms with Gasteiger partial charge in [-0.1, -0.05) is 68.9 Å². The molecule has 0 saturated carbocycles. The fourth-order valence-corrected chi connectivity index (χ4v) is 1.92. The molecule has 1 amide bonds. The molecule has 4 heteroatoms. The zero-order valence-electron chi connectivity index (χ0n) is 20.5. The average Bonchev–Trinajstić information content (AvgIpc) is 2.65. The molecule has 0 aliphatic carbocycles. The lowest BCUT2D eigenvalue weighted by Gasteiger charge is -2.09. The van der Waals surface area contributed by atoms with E-state index in [1.54, 1.807) is 32.0 Å². The normalized spacial score (nSPS) is 11.7. The predicted molar refractivity (Wildman–Crippen MR) is 136 cm³/mol. The Hall–Kier alpha value is -3.14. The standard InChI is InChI=1S/C20H24N2O2.C4H8.C3H8/c1-6-7-8-10-15(4)19(20(24)21-14(2)3)22-16(5)17-11-9-12-18(23)13-17;1-4(2)3;1-3-2/h6-13,23H,2H2,1,3-5H3,(H,21,24);1H2,2-3H3;3H2,1-2H3/b7-6-,10-8-,19-15+,22-16?;;. The highest BCUT2D eigenvalue weighted by Gasteiger charge is 2.12. The molecule has 0 aliphatic rings. The number of allylic oxidation sites excluding steroid dienone is 7. The number of amides is 1. The van der Waals surface area contributed by atoms with Gasteiger partial charge >= 0.3 is 0 Å². The number of hydrogen-bond acceptors (Lipinski definition) is 3. The Kier molecular flexibility index (Phi) is 17.2. The number of hydrogen-bond donors (Lipinski definition) is 2. The van der Waals surface area contributed by atoms with Gasteiger partial charge in [-0.05, 0) is 64.8 Å². The van der Waals surface area contributed by atoms with Gasteiger partial charge in [-0.3, -0.25) is 4.79 Å². The quantitative estimate of drug-likeness (QED) is 0.218. The highest BCUT2D eigenvalue weighted by Crippen LogP contribution is 2.15. The number of nitrogens with one attached hydrogen (secondary N) is 1. The first kappa shape index (κ1) is 30.1. The summed E-state index contributed by atoms with van der Waals surface area (Å²) in [4.78, 5) is 16.9. The van der Waals surface area contributed by atoms with Crippen molar-refractivity contribution in [1.29, 1.82) is 0 Å². The summed E-state index contributed by atoms with van der Waals surface area (Å²) in [6, 6.07) is 6.77. The van der Waals surface area contributed by atoms with E-state index in [2.05, 4.69) is 37.3 Å². The van der Waals surface area contributed by atoms with Gasteiger partial charge in [0.25, 0.3) is 5.91 Å². The van der Waals surface area contributed by atoms with E-state index in [1.165, 1.54) is 12.0 Å². The minimum absolute atomic E-state index is 0.156. The van der Waals surface area contributed by atoms with Crippen LogP contribution in [0, 0.1) is 0 Å². The van der Waals surface area contributed by atoms with Gasteiger partial charge in [-0.25, -0.2) is 4.99 Å². The molecule has 1 rings (SSSR count). The number of carbonyl (C=O) groups is 1. The number of aliphatic imine (C=N–C) groups is 1. The van der Waals surface area contributed by atoms with Gasteiger partial charge < -0.3 is 10.4 Å². The van der Waals surface area contributed by atoms with Crippen molar-refractivity contribution in [3.05, 3.63) is 89.8 Å². The number of aromatic hydroxyl groups is 1. The molecule has 1 aromatic carbocycles. The largest absolute Gasteiger partial charge is 0.508 e. The molecule has 0 atom stereocenters. The highest BCUT2D eigenvalue weighted by atomic mass is 16.3. The van der Waals surface area contributed by atoms with Crippen molar-refractivity contribution in [3.63, 3.8) is 0 Å². The van der Waals surface area contributed by atoms with E-state index in [1.807, 2.05) is 58.1 Å². The molecule has 0 radical (unpaired) electrons. The van der Waals surface area contributed by atoms with Crippen LogP contribution in [0.1, 0.15) is 67.4 Å². The minimum atomic E-state index is -0.315. The van der Waals surface area contributed by atoms with Crippen molar-refractivity contribution in [3.8, 4) is 5.75 Å². The average molecular weight is 425 g/mol. The third-order valence-corrected chi connectivity index (χ3v) is 3.11. The molecule has 0 saturated heterocycles. The Bertz CT molecular complexity index is 837. The van der Waals surface area contributed by atoms with Crippen molar-refractivity contribution in [1.82, 2.24) is 5.32 Å². The monoisotopic (exact) mass is 424 g/mol. The molecule has 0 fully saturated rings. The lowest BCUT2D eigenvalue weighted by atomic mass is 10.1. The van der Waals surface area contributed by atoms with E-state index < -0.39 is 0 Å². The van der Waals surface area contributed by atoms with E-state index in [0.717, 1.165) is 11.1 Å². The van der Waals surface area contributed by atoms with Crippen LogP contribution in [0.2, 0.25) is 0 Å². The molecular weight excluding hydrogens is 384 g/mol. The Balaban J connectivity index is 0. The summed E-state index contributed by atoms with van der Waals surface area (Å²) >= 11 is 0. The van der Waals surface area contributed by atoms with Gasteiger partial charge in [-0.2, -0.15) is 0 Å². The number of benzene rings is 1. The van der Waals surface area contributed by atoms with Crippen LogP contribution < -0.4 is 5.32 Å². The molecule has 0 aliphatic heterocycles. The first-order valence-corrected chi connectivity index (χ1v) is 10.4. The maximum absolute atomic E-state index is 12.4. The molecule has 31 heavy (non-hydrogen) atoms. The maximum atomic E-state index is 12.4. The van der Waals surface area contributed by atoms with Crippen LogP contribution in [0.3, 0.4) is 0 Å². The smallest absolute Gasteiger partial charge is 0.274 e. The second kappa shape index (κ2) is 17.7. The van der Waals surface area contributed by atoms with Crippen molar-refractivity contribution in [2.75, 3.05) is 0 Å². The molecule has 1 aromatic rings. The molecule has 0 heterocycles. The first-order valence-electron chi connectivity index (χ1n) is 10.4. The van der Waals surface area contributed by atoms with Crippen molar-refractivity contribution in [2.45, 2.75) is 61.8 Å². The molecule has 2 N–H and O–H groups in total.